The molecule has 4 heterocycles. The minimum absolute atomic E-state index is 0.0941. The number of carbonyl (C=O) groups is 2. The number of Topliss-reactive ketones (excluding diaryl/α,β-unsaturated/α-hetero) is 1. The number of amides is 1. The van der Waals surface area contributed by atoms with Crippen molar-refractivity contribution in [3.05, 3.63) is 53.3 Å². The number of carbonyl (C=O) groups excluding carboxylic acids is 2. The first-order valence-electron chi connectivity index (χ1n) is 7.40. The Bertz CT molecular complexity index is 1010. The number of ketones is 1. The van der Waals surface area contributed by atoms with Gasteiger partial charge in [0.1, 0.15) is 17.2 Å². The average Bonchev–Trinajstić information content (AvgIpc) is 3.37. The van der Waals surface area contributed by atoms with Gasteiger partial charge in [0.15, 0.2) is 5.76 Å². The summed E-state index contributed by atoms with van der Waals surface area (Å²) < 4.78 is 1.54. The topological polar surface area (TPSA) is 127 Å². The molecule has 0 aromatic carbocycles. The number of rotatable bonds is 3. The van der Waals surface area contributed by atoms with Gasteiger partial charge in [-0.2, -0.15) is 5.10 Å². The van der Waals surface area contributed by atoms with Gasteiger partial charge in [-0.15, -0.1) is 10.2 Å². The fourth-order valence-corrected chi connectivity index (χ4v) is 3.34. The summed E-state index contributed by atoms with van der Waals surface area (Å²) in [5.41, 5.74) is 2.00. The van der Waals surface area contributed by atoms with Crippen molar-refractivity contribution in [1.29, 1.82) is 0 Å². The van der Waals surface area contributed by atoms with E-state index in [1.54, 1.807) is 13.2 Å². The van der Waals surface area contributed by atoms with Crippen LogP contribution < -0.4 is 4.90 Å². The summed E-state index contributed by atoms with van der Waals surface area (Å²) in [6.45, 7) is 0. The number of anilines is 1. The first-order chi connectivity index (χ1) is 12.6. The van der Waals surface area contributed by atoms with Crippen LogP contribution in [-0.4, -0.2) is 46.7 Å². The van der Waals surface area contributed by atoms with Crippen LogP contribution in [0.2, 0.25) is 0 Å². The quantitative estimate of drug-likeness (QED) is 0.406. The lowest BCUT2D eigenvalue weighted by Crippen LogP contribution is -2.29. The second-order valence-electron chi connectivity index (χ2n) is 5.43. The zero-order chi connectivity index (χ0) is 18.3. The van der Waals surface area contributed by atoms with Crippen LogP contribution in [0.5, 0.6) is 0 Å². The van der Waals surface area contributed by atoms with Gasteiger partial charge in [-0.1, -0.05) is 11.3 Å². The lowest BCUT2D eigenvalue weighted by molar-refractivity contribution is -0.132. The molecule has 1 atom stereocenters. The number of aliphatic hydroxyl groups excluding tert-OH is 1. The predicted molar refractivity (Wildman–Crippen MR) is 89.9 cm³/mol. The lowest BCUT2D eigenvalue weighted by atomic mass is 9.99. The summed E-state index contributed by atoms with van der Waals surface area (Å²) in [5.74, 6) is -2.05. The van der Waals surface area contributed by atoms with Crippen molar-refractivity contribution < 1.29 is 14.7 Å². The SMILES string of the molecule is Cn1cc(C2/C(=C(\O)c3cnccn3)C(=O)C(=O)N2c2nncs2)cn1. The molecule has 0 bridgehead atoms. The van der Waals surface area contributed by atoms with Crippen LogP contribution >= 0.6 is 11.3 Å². The summed E-state index contributed by atoms with van der Waals surface area (Å²) in [6.07, 6.45) is 7.32. The fraction of sp³-hybridized carbons (Fsp3) is 0.133. The Morgan fingerprint density at radius 3 is 2.73 bits per heavy atom. The number of hydrogen-bond donors (Lipinski definition) is 1. The van der Waals surface area contributed by atoms with Crippen molar-refractivity contribution in [2.45, 2.75) is 6.04 Å². The van der Waals surface area contributed by atoms with Gasteiger partial charge >= 0.3 is 5.91 Å². The molecule has 1 saturated heterocycles. The highest BCUT2D eigenvalue weighted by molar-refractivity contribution is 7.13. The molecular formula is C15H11N7O3S. The molecule has 1 fully saturated rings. The monoisotopic (exact) mass is 369 g/mol. The predicted octanol–water partition coefficient (Wildman–Crippen LogP) is 0.688. The lowest BCUT2D eigenvalue weighted by Gasteiger charge is -2.20. The first kappa shape index (κ1) is 16.0. The molecule has 4 rings (SSSR count). The van der Waals surface area contributed by atoms with Crippen LogP contribution in [0.3, 0.4) is 0 Å². The second-order valence-corrected chi connectivity index (χ2v) is 6.24. The number of aliphatic hydroxyl groups is 1. The van der Waals surface area contributed by atoms with Crippen LogP contribution in [0.15, 0.2) is 42.1 Å². The summed E-state index contributed by atoms with van der Waals surface area (Å²) in [4.78, 5) is 34.4. The molecule has 1 amide bonds. The third-order valence-electron chi connectivity index (χ3n) is 3.85. The van der Waals surface area contributed by atoms with Crippen LogP contribution in [0.4, 0.5) is 5.13 Å². The van der Waals surface area contributed by atoms with E-state index >= 15 is 0 Å². The molecule has 0 aliphatic carbocycles. The van der Waals surface area contributed by atoms with Crippen molar-refractivity contribution in [3.63, 3.8) is 0 Å². The third kappa shape index (κ3) is 2.45. The number of aromatic nitrogens is 6. The van der Waals surface area contributed by atoms with E-state index in [1.165, 1.54) is 39.9 Å². The highest BCUT2D eigenvalue weighted by Crippen LogP contribution is 2.41. The first-order valence-corrected chi connectivity index (χ1v) is 8.28. The van der Waals surface area contributed by atoms with Gasteiger partial charge in [-0.25, -0.2) is 4.98 Å². The van der Waals surface area contributed by atoms with Gasteiger partial charge < -0.3 is 5.11 Å². The van der Waals surface area contributed by atoms with E-state index < -0.39 is 23.5 Å². The molecule has 10 nitrogen and oxygen atoms in total. The molecule has 26 heavy (non-hydrogen) atoms. The van der Waals surface area contributed by atoms with E-state index in [-0.39, 0.29) is 16.4 Å². The molecule has 1 aliphatic heterocycles. The Morgan fingerprint density at radius 2 is 2.12 bits per heavy atom. The summed E-state index contributed by atoms with van der Waals surface area (Å²) in [7, 11) is 1.71. The van der Waals surface area contributed by atoms with E-state index in [4.69, 9.17) is 0 Å². The Balaban J connectivity index is 1.94. The molecule has 3 aromatic heterocycles. The van der Waals surface area contributed by atoms with Crippen molar-refractivity contribution in [2.24, 2.45) is 7.05 Å². The van der Waals surface area contributed by atoms with E-state index in [0.717, 1.165) is 11.3 Å². The standard InChI is InChI=1S/C15H11N7O3S/c1-21-6-8(4-19-21)11-10(12(23)9-5-16-2-3-17-9)13(24)14(25)22(11)15-20-18-7-26-15/h2-7,11,23H,1H3/b12-10+. The number of nitrogens with zero attached hydrogens (tertiary/aromatic N) is 7. The maximum absolute atomic E-state index is 12.7. The molecule has 130 valence electrons. The van der Waals surface area contributed by atoms with Gasteiger partial charge in [0.05, 0.1) is 18.0 Å². The molecule has 0 spiro atoms. The van der Waals surface area contributed by atoms with E-state index in [0.29, 0.717) is 5.56 Å². The summed E-state index contributed by atoms with van der Waals surface area (Å²) in [6, 6.07) is -0.890. The van der Waals surface area contributed by atoms with Crippen molar-refractivity contribution in [1.82, 2.24) is 29.9 Å². The van der Waals surface area contributed by atoms with E-state index in [2.05, 4.69) is 25.3 Å². The normalized spacial score (nSPS) is 19.3. The van der Waals surface area contributed by atoms with Crippen LogP contribution in [0, 0.1) is 0 Å². The Hall–Kier alpha value is -3.47. The third-order valence-corrected chi connectivity index (χ3v) is 4.53. The largest absolute Gasteiger partial charge is 0.505 e. The van der Waals surface area contributed by atoms with Gasteiger partial charge in [-0.05, 0) is 0 Å². The zero-order valence-corrected chi connectivity index (χ0v) is 14.2. The van der Waals surface area contributed by atoms with Gasteiger partial charge in [-0.3, -0.25) is 24.2 Å². The maximum Gasteiger partial charge on any atom is 0.301 e. The van der Waals surface area contributed by atoms with Crippen molar-refractivity contribution >= 4 is 33.9 Å². The summed E-state index contributed by atoms with van der Waals surface area (Å²) in [5, 5.41) is 22.6. The van der Waals surface area contributed by atoms with Crippen LogP contribution in [0.1, 0.15) is 17.3 Å². The molecule has 1 N–H and O–H groups in total. The average molecular weight is 369 g/mol. The molecule has 1 aliphatic rings. The fourth-order valence-electron chi connectivity index (χ4n) is 2.76. The minimum atomic E-state index is -0.890. The van der Waals surface area contributed by atoms with E-state index in [1.807, 2.05) is 0 Å². The highest BCUT2D eigenvalue weighted by atomic mass is 32.1. The van der Waals surface area contributed by atoms with Gasteiger partial charge in [0, 0.05) is 31.2 Å². The zero-order valence-electron chi connectivity index (χ0n) is 13.3. The molecule has 1 unspecified atom stereocenters. The van der Waals surface area contributed by atoms with Gasteiger partial charge in [0.25, 0.3) is 5.78 Å². The number of aryl methyl sites for hydroxylation is 1. The summed E-state index contributed by atoms with van der Waals surface area (Å²) >= 11 is 1.11. The molecule has 0 radical (unpaired) electrons. The van der Waals surface area contributed by atoms with Crippen molar-refractivity contribution in [2.75, 3.05) is 4.90 Å². The molecule has 11 heteroatoms. The van der Waals surface area contributed by atoms with E-state index in [9.17, 15) is 14.7 Å². The van der Waals surface area contributed by atoms with Crippen LogP contribution in [-0.2, 0) is 16.6 Å². The Labute approximate surface area is 150 Å². The van der Waals surface area contributed by atoms with Crippen LogP contribution in [0.25, 0.3) is 5.76 Å². The smallest absolute Gasteiger partial charge is 0.301 e. The second kappa shape index (κ2) is 6.11. The number of hydrogen-bond acceptors (Lipinski definition) is 9. The minimum Gasteiger partial charge on any atom is -0.505 e. The Kier molecular flexibility index (Phi) is 3.77. The molecule has 0 saturated carbocycles. The highest BCUT2D eigenvalue weighted by Gasteiger charge is 2.48. The Morgan fingerprint density at radius 1 is 1.27 bits per heavy atom. The maximum atomic E-state index is 12.7. The molecular weight excluding hydrogens is 358 g/mol. The molecule has 3 aromatic rings. The van der Waals surface area contributed by atoms with Crippen molar-refractivity contribution in [3.8, 4) is 0 Å². The van der Waals surface area contributed by atoms with Gasteiger partial charge in [0.2, 0.25) is 5.13 Å².